The van der Waals surface area contributed by atoms with Crippen LogP contribution in [0.2, 0.25) is 0 Å². The average Bonchev–Trinajstić information content (AvgIpc) is 2.78. The van der Waals surface area contributed by atoms with Crippen molar-refractivity contribution in [1.82, 2.24) is 0 Å². The zero-order chi connectivity index (χ0) is 21.9. The number of unbranched alkanes of at least 4 members (excludes halogenated alkanes) is 7. The Morgan fingerprint density at radius 1 is 0.871 bits per heavy atom. The molecule has 0 saturated heterocycles. The number of hydrogen-bond acceptors (Lipinski definition) is 4. The molecule has 3 rings (SSSR count). The molecule has 0 saturated carbocycles. The topological polar surface area (TPSA) is 76.7 Å². The van der Waals surface area contributed by atoms with Crippen molar-refractivity contribution in [3.63, 3.8) is 0 Å². The van der Waals surface area contributed by atoms with Crippen LogP contribution in [0.3, 0.4) is 0 Å². The van der Waals surface area contributed by atoms with Gasteiger partial charge in [0.05, 0.1) is 17.6 Å². The summed E-state index contributed by atoms with van der Waals surface area (Å²) in [5, 5.41) is 9.16. The van der Waals surface area contributed by atoms with Crippen LogP contribution in [0.4, 0.5) is 0 Å². The van der Waals surface area contributed by atoms with Gasteiger partial charge in [0, 0.05) is 12.5 Å². The van der Waals surface area contributed by atoms with Crippen molar-refractivity contribution in [1.29, 1.82) is 0 Å². The maximum absolute atomic E-state index is 12.8. The van der Waals surface area contributed by atoms with E-state index in [-0.39, 0.29) is 11.8 Å². The molecule has 0 atom stereocenters. The lowest BCUT2D eigenvalue weighted by atomic mass is 10.1. The summed E-state index contributed by atoms with van der Waals surface area (Å²) in [6.07, 6.45) is 10.3. The van der Waals surface area contributed by atoms with Crippen molar-refractivity contribution >= 4 is 16.9 Å². The number of aliphatic carboxylic acids is 1. The molecule has 0 unspecified atom stereocenters. The van der Waals surface area contributed by atoms with E-state index in [2.05, 4.69) is 0 Å². The Morgan fingerprint density at radius 3 is 2.26 bits per heavy atom. The number of hydrogen-bond donors (Lipinski definition) is 1. The van der Waals surface area contributed by atoms with Crippen molar-refractivity contribution < 1.29 is 19.1 Å². The summed E-state index contributed by atoms with van der Waals surface area (Å²) >= 11 is 0. The van der Waals surface area contributed by atoms with E-state index in [1.54, 1.807) is 12.1 Å². The van der Waals surface area contributed by atoms with Crippen molar-refractivity contribution in [3.05, 3.63) is 65.0 Å². The molecule has 0 aliphatic rings. The van der Waals surface area contributed by atoms with Gasteiger partial charge in [-0.15, -0.1) is 0 Å². The van der Waals surface area contributed by atoms with Crippen LogP contribution in [0.15, 0.2) is 64.0 Å². The minimum atomic E-state index is -0.703. The van der Waals surface area contributed by atoms with Crippen molar-refractivity contribution in [3.8, 4) is 16.9 Å². The highest BCUT2D eigenvalue weighted by atomic mass is 16.5. The fourth-order valence-electron chi connectivity index (χ4n) is 3.64. The molecule has 2 aromatic carbocycles. The Hall–Kier alpha value is -3.08. The van der Waals surface area contributed by atoms with Crippen molar-refractivity contribution in [2.45, 2.75) is 57.8 Å². The highest BCUT2D eigenvalue weighted by molar-refractivity contribution is 5.82. The predicted octanol–water partition coefficient (Wildman–Crippen LogP) is 6.43. The van der Waals surface area contributed by atoms with E-state index in [1.165, 1.54) is 12.7 Å². The quantitative estimate of drug-likeness (QED) is 0.321. The molecule has 0 bridgehead atoms. The van der Waals surface area contributed by atoms with Crippen LogP contribution in [0.5, 0.6) is 5.75 Å². The molecule has 0 radical (unpaired) electrons. The molecule has 0 aliphatic carbocycles. The van der Waals surface area contributed by atoms with Gasteiger partial charge < -0.3 is 14.3 Å². The zero-order valence-electron chi connectivity index (χ0n) is 17.8. The number of benzene rings is 2. The van der Waals surface area contributed by atoms with E-state index in [9.17, 15) is 9.59 Å². The van der Waals surface area contributed by atoms with Gasteiger partial charge in [0.15, 0.2) is 5.43 Å². The van der Waals surface area contributed by atoms with Gasteiger partial charge in [-0.05, 0) is 30.5 Å². The van der Waals surface area contributed by atoms with Gasteiger partial charge in [-0.3, -0.25) is 9.59 Å². The molecule has 1 aromatic heterocycles. The minimum Gasteiger partial charge on any atom is -0.493 e. The van der Waals surface area contributed by atoms with Crippen LogP contribution in [0, 0.1) is 0 Å². The maximum atomic E-state index is 12.8. The normalized spacial score (nSPS) is 11.0. The third-order valence-electron chi connectivity index (χ3n) is 5.38. The SMILES string of the molecule is O=C(O)CCCCCCCCCCOc1ccc2c(=O)c(-c3ccccc3)coc2c1. The molecule has 0 fully saturated rings. The van der Waals surface area contributed by atoms with Crippen LogP contribution < -0.4 is 10.2 Å². The molecule has 5 nitrogen and oxygen atoms in total. The van der Waals surface area contributed by atoms with E-state index >= 15 is 0 Å². The Bertz CT molecular complexity index is 1020. The van der Waals surface area contributed by atoms with Crippen LogP contribution in [-0.2, 0) is 4.79 Å². The maximum Gasteiger partial charge on any atom is 0.303 e. The lowest BCUT2D eigenvalue weighted by Crippen LogP contribution is -2.05. The Kier molecular flexibility index (Phi) is 8.71. The largest absolute Gasteiger partial charge is 0.493 e. The Labute approximate surface area is 182 Å². The minimum absolute atomic E-state index is 0.0399. The second kappa shape index (κ2) is 11.9. The predicted molar refractivity (Wildman–Crippen MR) is 123 cm³/mol. The second-order valence-electron chi connectivity index (χ2n) is 7.82. The van der Waals surface area contributed by atoms with E-state index in [0.29, 0.717) is 28.9 Å². The van der Waals surface area contributed by atoms with Gasteiger partial charge in [-0.25, -0.2) is 0 Å². The summed E-state index contributed by atoms with van der Waals surface area (Å²) in [5.74, 6) is 0.00651. The molecule has 164 valence electrons. The number of carboxylic acid groups (broad SMARTS) is 1. The fraction of sp³-hybridized carbons (Fsp3) is 0.385. The summed E-state index contributed by atoms with van der Waals surface area (Å²) in [6, 6.07) is 14.9. The lowest BCUT2D eigenvalue weighted by molar-refractivity contribution is -0.137. The second-order valence-corrected chi connectivity index (χ2v) is 7.82. The first kappa shape index (κ1) is 22.6. The molecule has 0 amide bonds. The van der Waals surface area contributed by atoms with Gasteiger partial charge in [0.25, 0.3) is 0 Å². The number of ether oxygens (including phenoxy) is 1. The molecular weight excluding hydrogens is 392 g/mol. The van der Waals surface area contributed by atoms with Gasteiger partial charge in [-0.1, -0.05) is 68.9 Å². The highest BCUT2D eigenvalue weighted by Gasteiger charge is 2.09. The summed E-state index contributed by atoms with van der Waals surface area (Å²) < 4.78 is 11.6. The average molecular weight is 423 g/mol. The van der Waals surface area contributed by atoms with Crippen LogP contribution in [0.25, 0.3) is 22.1 Å². The van der Waals surface area contributed by atoms with Crippen molar-refractivity contribution in [2.24, 2.45) is 0 Å². The van der Waals surface area contributed by atoms with Crippen molar-refractivity contribution in [2.75, 3.05) is 6.61 Å². The molecule has 31 heavy (non-hydrogen) atoms. The van der Waals surface area contributed by atoms with E-state index < -0.39 is 5.97 Å². The molecular formula is C26H30O5. The van der Waals surface area contributed by atoms with Gasteiger partial charge >= 0.3 is 5.97 Å². The first-order valence-electron chi connectivity index (χ1n) is 11.1. The standard InChI is InChI=1S/C26H30O5/c27-25(28)14-10-5-3-1-2-4-6-11-17-30-21-15-16-22-24(18-21)31-19-23(26(22)29)20-12-8-7-9-13-20/h7-9,12-13,15-16,18-19H,1-6,10-11,14,17H2,(H,27,28). The molecule has 3 aromatic rings. The number of carboxylic acids is 1. The number of carbonyl (C=O) groups is 1. The first-order chi connectivity index (χ1) is 15.1. The summed E-state index contributed by atoms with van der Waals surface area (Å²) in [6.45, 7) is 0.635. The summed E-state index contributed by atoms with van der Waals surface area (Å²) in [5.41, 5.74) is 1.90. The third-order valence-corrected chi connectivity index (χ3v) is 5.38. The smallest absolute Gasteiger partial charge is 0.303 e. The van der Waals surface area contributed by atoms with E-state index in [4.69, 9.17) is 14.3 Å². The molecule has 0 spiro atoms. The van der Waals surface area contributed by atoms with Gasteiger partial charge in [0.1, 0.15) is 17.6 Å². The lowest BCUT2D eigenvalue weighted by Gasteiger charge is -2.08. The van der Waals surface area contributed by atoms with Crippen LogP contribution in [0.1, 0.15) is 57.8 Å². The number of fused-ring (bicyclic) bond motifs is 1. The Morgan fingerprint density at radius 2 is 1.55 bits per heavy atom. The van der Waals surface area contributed by atoms with Crippen LogP contribution in [-0.4, -0.2) is 17.7 Å². The monoisotopic (exact) mass is 422 g/mol. The molecule has 1 N–H and O–H groups in total. The fourth-order valence-corrected chi connectivity index (χ4v) is 3.64. The zero-order valence-corrected chi connectivity index (χ0v) is 17.8. The van der Waals surface area contributed by atoms with Gasteiger partial charge in [0.2, 0.25) is 0 Å². The molecule has 1 heterocycles. The summed E-state index contributed by atoms with van der Waals surface area (Å²) in [7, 11) is 0. The Balaban J connectivity index is 1.40. The van der Waals surface area contributed by atoms with E-state index in [1.807, 2.05) is 36.4 Å². The summed E-state index contributed by atoms with van der Waals surface area (Å²) in [4.78, 5) is 23.2. The van der Waals surface area contributed by atoms with Gasteiger partial charge in [-0.2, -0.15) is 0 Å². The first-order valence-corrected chi connectivity index (χ1v) is 11.1. The molecule has 0 aliphatic heterocycles. The number of rotatable bonds is 13. The highest BCUT2D eigenvalue weighted by Crippen LogP contribution is 2.23. The van der Waals surface area contributed by atoms with E-state index in [0.717, 1.165) is 50.5 Å². The van der Waals surface area contributed by atoms with Crippen LogP contribution >= 0.6 is 0 Å². The third kappa shape index (κ3) is 6.99. The molecule has 5 heteroatoms.